The molecule has 0 aromatic heterocycles. The third-order valence-corrected chi connectivity index (χ3v) is 14.1. The van der Waals surface area contributed by atoms with Gasteiger partial charge in [-0.1, -0.05) is 302 Å². The summed E-state index contributed by atoms with van der Waals surface area (Å²) in [6.07, 6.45) is 65.6. The van der Waals surface area contributed by atoms with Gasteiger partial charge in [-0.2, -0.15) is 0 Å². The second-order valence-electron chi connectivity index (χ2n) is 20.0. The van der Waals surface area contributed by atoms with E-state index in [1.54, 1.807) is 5.56 Å². The lowest BCUT2D eigenvalue weighted by Gasteiger charge is -2.39. The van der Waals surface area contributed by atoms with Gasteiger partial charge in [-0.25, -0.2) is 0 Å². The summed E-state index contributed by atoms with van der Waals surface area (Å²) in [7, 11) is 0. The average molecular weight is 824 g/mol. The van der Waals surface area contributed by atoms with E-state index < -0.39 is 0 Å². The summed E-state index contributed by atoms with van der Waals surface area (Å²) < 4.78 is 1.36. The van der Waals surface area contributed by atoms with Crippen LogP contribution in [0.15, 0.2) is 30.3 Å². The maximum absolute atomic E-state index is 2.43. The number of rotatable bonds is 50. The zero-order chi connectivity index (χ0) is 42.3. The van der Waals surface area contributed by atoms with Crippen LogP contribution in [0.2, 0.25) is 0 Å². The van der Waals surface area contributed by atoms with Crippen molar-refractivity contribution in [2.45, 2.75) is 316 Å². The molecular weight excluding hydrogens is 711 g/mol. The van der Waals surface area contributed by atoms with E-state index in [2.05, 4.69) is 51.1 Å². The Morgan fingerprint density at radius 3 is 0.627 bits per heavy atom. The second kappa shape index (κ2) is 46.7. The van der Waals surface area contributed by atoms with Crippen LogP contribution in [0.3, 0.4) is 0 Å². The van der Waals surface area contributed by atoms with E-state index in [-0.39, 0.29) is 0 Å². The van der Waals surface area contributed by atoms with Gasteiger partial charge in [0, 0.05) is 5.56 Å². The van der Waals surface area contributed by atoms with Gasteiger partial charge in [-0.05, 0) is 38.5 Å². The highest BCUT2D eigenvalue weighted by atomic mass is 15.3. The summed E-state index contributed by atoms with van der Waals surface area (Å²) in [4.78, 5) is 0. The van der Waals surface area contributed by atoms with Crippen molar-refractivity contribution in [3.05, 3.63) is 35.9 Å². The summed E-state index contributed by atoms with van der Waals surface area (Å²) in [6, 6.07) is 11.7. The van der Waals surface area contributed by atoms with Crippen molar-refractivity contribution in [3.8, 4) is 0 Å². The third-order valence-electron chi connectivity index (χ3n) is 14.1. The molecule has 1 rings (SSSR count). The fraction of sp³-hybridized carbons (Fsp3) is 0.897. The molecule has 1 heteroatoms. The van der Waals surface area contributed by atoms with Gasteiger partial charge in [0.15, 0.2) is 0 Å². The lowest BCUT2D eigenvalue weighted by molar-refractivity contribution is -0.941. The smallest absolute Gasteiger partial charge is 0.104 e. The van der Waals surface area contributed by atoms with Crippen LogP contribution in [0, 0.1) is 0 Å². The molecule has 0 saturated heterocycles. The molecule has 0 spiro atoms. The van der Waals surface area contributed by atoms with Crippen molar-refractivity contribution >= 4 is 0 Å². The Morgan fingerprint density at radius 2 is 0.424 bits per heavy atom. The molecule has 0 N–H and O–H groups in total. The first-order valence-corrected chi connectivity index (χ1v) is 28.2. The van der Waals surface area contributed by atoms with E-state index in [0.717, 1.165) is 0 Å². The Balaban J connectivity index is 2.47. The maximum Gasteiger partial charge on any atom is 0.104 e. The summed E-state index contributed by atoms with van der Waals surface area (Å²) in [5.41, 5.74) is 1.58. The van der Waals surface area contributed by atoms with Crippen LogP contribution in [0.25, 0.3) is 0 Å². The molecule has 59 heavy (non-hydrogen) atoms. The van der Waals surface area contributed by atoms with Gasteiger partial charge in [0.1, 0.15) is 6.54 Å². The number of nitrogens with zero attached hydrogens (tertiary/aromatic N) is 1. The first-order valence-electron chi connectivity index (χ1n) is 28.2. The largest absolute Gasteiger partial charge is 0.320 e. The molecule has 0 bridgehead atoms. The molecule has 0 heterocycles. The first kappa shape index (κ1) is 56.2. The quantitative estimate of drug-likeness (QED) is 0.0454. The van der Waals surface area contributed by atoms with Gasteiger partial charge in [0.25, 0.3) is 0 Å². The zero-order valence-corrected chi connectivity index (χ0v) is 41.5. The minimum Gasteiger partial charge on any atom is -0.320 e. The minimum absolute atomic E-state index is 1.26. The lowest BCUT2D eigenvalue weighted by Crippen LogP contribution is -2.49. The monoisotopic (exact) mass is 823 g/mol. The van der Waals surface area contributed by atoms with E-state index in [1.807, 2.05) is 0 Å². The normalized spacial score (nSPS) is 11.9. The maximum atomic E-state index is 2.43. The molecule has 0 aliphatic heterocycles. The topological polar surface area (TPSA) is 0 Å². The van der Waals surface area contributed by atoms with Gasteiger partial charge in [0.2, 0.25) is 0 Å². The van der Waals surface area contributed by atoms with Gasteiger partial charge in [-0.3, -0.25) is 0 Å². The van der Waals surface area contributed by atoms with Crippen LogP contribution in [-0.2, 0) is 6.54 Å². The van der Waals surface area contributed by atoms with Gasteiger partial charge >= 0.3 is 0 Å². The molecule has 0 saturated carbocycles. The van der Waals surface area contributed by atoms with Crippen LogP contribution in [0.5, 0.6) is 0 Å². The molecule has 1 aromatic rings. The Hall–Kier alpha value is -0.820. The predicted molar refractivity (Wildman–Crippen MR) is 270 cm³/mol. The lowest BCUT2D eigenvalue weighted by atomic mass is 10.0. The van der Waals surface area contributed by atoms with Crippen molar-refractivity contribution in [3.63, 3.8) is 0 Å². The third kappa shape index (κ3) is 39.8. The summed E-state index contributed by atoms with van der Waals surface area (Å²) in [5.74, 6) is 0. The Bertz CT molecular complexity index is 808. The average Bonchev–Trinajstić information content (AvgIpc) is 3.25. The van der Waals surface area contributed by atoms with Gasteiger partial charge in [0.05, 0.1) is 19.6 Å². The van der Waals surface area contributed by atoms with E-state index in [9.17, 15) is 0 Å². The number of benzene rings is 1. The highest BCUT2D eigenvalue weighted by molar-refractivity contribution is 5.13. The predicted octanol–water partition coefficient (Wildman–Crippen LogP) is 20.6. The fourth-order valence-electron chi connectivity index (χ4n) is 10.00. The van der Waals surface area contributed by atoms with Gasteiger partial charge < -0.3 is 4.48 Å². The highest BCUT2D eigenvalue weighted by Crippen LogP contribution is 2.23. The fourth-order valence-corrected chi connectivity index (χ4v) is 10.00. The van der Waals surface area contributed by atoms with Crippen LogP contribution in [-0.4, -0.2) is 24.1 Å². The number of hydrogen-bond donors (Lipinski definition) is 0. The van der Waals surface area contributed by atoms with Crippen LogP contribution in [0.1, 0.15) is 315 Å². The van der Waals surface area contributed by atoms with Crippen molar-refractivity contribution < 1.29 is 4.48 Å². The molecular formula is C58H112N+. The molecule has 0 atom stereocenters. The molecule has 0 fully saturated rings. The summed E-state index contributed by atoms with van der Waals surface area (Å²) >= 11 is 0. The van der Waals surface area contributed by atoms with Crippen LogP contribution in [0.4, 0.5) is 0 Å². The van der Waals surface area contributed by atoms with Crippen molar-refractivity contribution in [1.29, 1.82) is 0 Å². The molecule has 0 unspecified atom stereocenters. The van der Waals surface area contributed by atoms with Crippen LogP contribution < -0.4 is 0 Å². The van der Waals surface area contributed by atoms with Crippen molar-refractivity contribution in [1.82, 2.24) is 0 Å². The molecule has 0 amide bonds. The standard InChI is InChI=1S/C58H112N/c1-4-7-10-13-16-19-22-25-28-31-34-37-40-43-49-54-59(57-58-52-47-46-48-53-58,55-50-44-41-38-35-32-29-26-23-20-17-14-11-8-5-2)56-51-45-42-39-36-33-30-27-24-21-18-15-12-9-6-3/h46-48,52-53H,4-45,49-51,54-57H2,1-3H3/q+1. The van der Waals surface area contributed by atoms with E-state index in [0.29, 0.717) is 0 Å². The van der Waals surface area contributed by atoms with E-state index in [1.165, 1.54) is 320 Å². The summed E-state index contributed by atoms with van der Waals surface area (Å²) in [5, 5.41) is 0. The van der Waals surface area contributed by atoms with Crippen LogP contribution >= 0.6 is 0 Å². The molecule has 1 aromatic carbocycles. The molecule has 0 radical (unpaired) electrons. The molecule has 0 aliphatic rings. The number of hydrogen-bond acceptors (Lipinski definition) is 0. The number of unbranched alkanes of at least 4 members (excludes halogenated alkanes) is 42. The van der Waals surface area contributed by atoms with E-state index >= 15 is 0 Å². The molecule has 0 aliphatic carbocycles. The highest BCUT2D eigenvalue weighted by Gasteiger charge is 2.26. The molecule has 1 nitrogen and oxygen atoms in total. The Kier molecular flexibility index (Phi) is 44.5. The minimum atomic E-state index is 1.26. The Labute approximate surface area is 374 Å². The number of quaternary nitrogens is 1. The van der Waals surface area contributed by atoms with Crippen molar-refractivity contribution in [2.75, 3.05) is 19.6 Å². The second-order valence-corrected chi connectivity index (χ2v) is 20.0. The van der Waals surface area contributed by atoms with Gasteiger partial charge in [-0.15, -0.1) is 0 Å². The first-order chi connectivity index (χ1) is 29.3. The van der Waals surface area contributed by atoms with Crippen molar-refractivity contribution in [2.24, 2.45) is 0 Å². The molecule has 348 valence electrons. The summed E-state index contributed by atoms with van der Waals surface area (Å²) in [6.45, 7) is 12.5. The SMILES string of the molecule is CCCCCCCCCCCCCCCCC[N+](CCCCCCCCCCCCCCCCC)(CCCCCCCCCCCCCCCCC)Cc1ccccc1. The zero-order valence-electron chi connectivity index (χ0n) is 41.5. The Morgan fingerprint density at radius 1 is 0.237 bits per heavy atom. The van der Waals surface area contributed by atoms with E-state index in [4.69, 9.17) is 0 Å².